The van der Waals surface area contributed by atoms with Crippen LogP contribution in [0.5, 0.6) is 0 Å². The highest BCUT2D eigenvalue weighted by atomic mass is 16.2. The minimum absolute atomic E-state index is 0.0280. The van der Waals surface area contributed by atoms with Crippen molar-refractivity contribution in [3.63, 3.8) is 0 Å². The number of carbonyl (C=O) groups is 3. The lowest BCUT2D eigenvalue weighted by Gasteiger charge is -2.07. The first kappa shape index (κ1) is 25.6. The van der Waals surface area contributed by atoms with Gasteiger partial charge in [-0.25, -0.2) is 0 Å². The van der Waals surface area contributed by atoms with Gasteiger partial charge in [0.15, 0.2) is 0 Å². The molecular formula is C19H39N3O3. The molecule has 0 spiro atoms. The number of nitrogens with one attached hydrogen (secondary N) is 3. The van der Waals surface area contributed by atoms with Crippen molar-refractivity contribution in [3.05, 3.63) is 0 Å². The van der Waals surface area contributed by atoms with Gasteiger partial charge in [0.1, 0.15) is 0 Å². The van der Waals surface area contributed by atoms with Gasteiger partial charge in [-0.3, -0.25) is 14.4 Å². The average Bonchev–Trinajstić information content (AvgIpc) is 2.58. The van der Waals surface area contributed by atoms with Gasteiger partial charge < -0.3 is 16.0 Å². The number of amides is 3. The monoisotopic (exact) mass is 357 g/mol. The zero-order valence-electron chi connectivity index (χ0n) is 17.0. The average molecular weight is 358 g/mol. The Bertz CT molecular complexity index is 369. The molecule has 0 unspecified atom stereocenters. The molecule has 0 aliphatic heterocycles. The molecule has 148 valence electrons. The highest BCUT2D eigenvalue weighted by molar-refractivity contribution is 5.78. The molecule has 0 rings (SSSR count). The van der Waals surface area contributed by atoms with Gasteiger partial charge in [-0.15, -0.1) is 0 Å². The molecule has 6 nitrogen and oxygen atoms in total. The van der Waals surface area contributed by atoms with Crippen LogP contribution in [0.1, 0.15) is 73.6 Å². The van der Waals surface area contributed by atoms with E-state index in [9.17, 15) is 14.4 Å². The fourth-order valence-corrected chi connectivity index (χ4v) is 1.65. The maximum absolute atomic E-state index is 11.1. The van der Waals surface area contributed by atoms with E-state index in [0.29, 0.717) is 19.5 Å². The Labute approximate surface area is 153 Å². The summed E-state index contributed by atoms with van der Waals surface area (Å²) in [5.41, 5.74) is 0. The van der Waals surface area contributed by atoms with Gasteiger partial charge in [0.25, 0.3) is 0 Å². The molecule has 0 aliphatic carbocycles. The first-order chi connectivity index (χ1) is 11.8. The van der Waals surface area contributed by atoms with Crippen molar-refractivity contribution in [2.45, 2.75) is 73.6 Å². The van der Waals surface area contributed by atoms with E-state index in [1.165, 1.54) is 12.8 Å². The lowest BCUT2D eigenvalue weighted by Crippen LogP contribution is -2.31. The summed E-state index contributed by atoms with van der Waals surface area (Å²) in [6, 6.07) is 0. The van der Waals surface area contributed by atoms with E-state index in [1.54, 1.807) is 0 Å². The molecule has 0 saturated carbocycles. The molecule has 0 aliphatic rings. The van der Waals surface area contributed by atoms with Crippen molar-refractivity contribution in [1.29, 1.82) is 0 Å². The van der Waals surface area contributed by atoms with Gasteiger partial charge in [-0.2, -0.15) is 0 Å². The molecule has 0 aromatic carbocycles. The van der Waals surface area contributed by atoms with E-state index in [0.717, 1.165) is 19.4 Å². The van der Waals surface area contributed by atoms with Crippen LogP contribution >= 0.6 is 0 Å². The maximum atomic E-state index is 11.1. The Balaban J connectivity index is 0. The molecule has 0 bridgehead atoms. The van der Waals surface area contributed by atoms with Gasteiger partial charge >= 0.3 is 0 Å². The molecule has 0 radical (unpaired) electrons. The normalized spacial score (nSPS) is 10.1. The van der Waals surface area contributed by atoms with Crippen molar-refractivity contribution >= 4 is 17.7 Å². The Morgan fingerprint density at radius 2 is 1.12 bits per heavy atom. The Morgan fingerprint density at radius 3 is 1.52 bits per heavy atom. The molecule has 0 aromatic rings. The van der Waals surface area contributed by atoms with E-state index in [2.05, 4.69) is 22.9 Å². The maximum Gasteiger partial charge on any atom is 0.222 e. The van der Waals surface area contributed by atoms with Crippen LogP contribution in [0, 0.1) is 11.8 Å². The molecule has 25 heavy (non-hydrogen) atoms. The highest BCUT2D eigenvalue weighted by Crippen LogP contribution is 1.94. The van der Waals surface area contributed by atoms with Crippen LogP contribution in [0.4, 0.5) is 0 Å². The van der Waals surface area contributed by atoms with Crippen molar-refractivity contribution in [2.24, 2.45) is 11.8 Å². The Morgan fingerprint density at radius 1 is 0.680 bits per heavy atom. The molecule has 6 heteroatoms. The quantitative estimate of drug-likeness (QED) is 0.497. The molecule has 0 aromatic heterocycles. The highest BCUT2D eigenvalue weighted by Gasteiger charge is 2.05. The Kier molecular flexibility index (Phi) is 17.7. The van der Waals surface area contributed by atoms with Crippen molar-refractivity contribution in [3.8, 4) is 0 Å². The van der Waals surface area contributed by atoms with Gasteiger partial charge in [-0.05, 0) is 12.8 Å². The minimum Gasteiger partial charge on any atom is -0.356 e. The summed E-state index contributed by atoms with van der Waals surface area (Å²) in [5, 5.41) is 8.41. The fourth-order valence-electron chi connectivity index (χ4n) is 1.65. The molecule has 0 fully saturated rings. The summed E-state index contributed by atoms with van der Waals surface area (Å²) in [6.45, 7) is 13.6. The van der Waals surface area contributed by atoms with Crippen LogP contribution in [0.3, 0.4) is 0 Å². The first-order valence-corrected chi connectivity index (χ1v) is 9.58. The van der Waals surface area contributed by atoms with Crippen LogP contribution in [0.2, 0.25) is 0 Å². The Hall–Kier alpha value is -1.59. The van der Waals surface area contributed by atoms with Crippen LogP contribution in [-0.4, -0.2) is 37.4 Å². The van der Waals surface area contributed by atoms with E-state index in [-0.39, 0.29) is 29.6 Å². The van der Waals surface area contributed by atoms with E-state index in [1.807, 2.05) is 34.6 Å². The van der Waals surface area contributed by atoms with Crippen LogP contribution in [-0.2, 0) is 14.4 Å². The summed E-state index contributed by atoms with van der Waals surface area (Å²) >= 11 is 0. The second-order valence-corrected chi connectivity index (χ2v) is 6.66. The molecule has 3 N–H and O–H groups in total. The van der Waals surface area contributed by atoms with Crippen molar-refractivity contribution in [2.75, 3.05) is 19.6 Å². The smallest absolute Gasteiger partial charge is 0.222 e. The summed E-state index contributed by atoms with van der Waals surface area (Å²) in [4.78, 5) is 32.9. The number of rotatable bonds is 11. The minimum atomic E-state index is 0.0280. The topological polar surface area (TPSA) is 87.3 Å². The van der Waals surface area contributed by atoms with Gasteiger partial charge in [0, 0.05) is 37.9 Å². The van der Waals surface area contributed by atoms with E-state index < -0.39 is 0 Å². The summed E-state index contributed by atoms with van der Waals surface area (Å²) in [5.74, 6) is 0.435. The first-order valence-electron chi connectivity index (χ1n) is 9.58. The fraction of sp³-hybridized carbons (Fsp3) is 0.842. The van der Waals surface area contributed by atoms with Crippen molar-refractivity contribution in [1.82, 2.24) is 16.0 Å². The van der Waals surface area contributed by atoms with Crippen LogP contribution in [0.25, 0.3) is 0 Å². The zero-order chi connectivity index (χ0) is 19.7. The lowest BCUT2D eigenvalue weighted by molar-refractivity contribution is -0.124. The second-order valence-electron chi connectivity index (χ2n) is 6.66. The SMILES string of the molecule is CCC(=O)NCCCNC(=O)C(C)C.CCCCCNC(=O)C(C)C. The molecular weight excluding hydrogens is 318 g/mol. The summed E-state index contributed by atoms with van der Waals surface area (Å²) in [6.07, 6.45) is 4.81. The second kappa shape index (κ2) is 17.2. The van der Waals surface area contributed by atoms with Gasteiger partial charge in [0.05, 0.1) is 0 Å². The lowest BCUT2D eigenvalue weighted by atomic mass is 10.2. The van der Waals surface area contributed by atoms with E-state index in [4.69, 9.17) is 0 Å². The molecule has 0 saturated heterocycles. The third kappa shape index (κ3) is 18.6. The summed E-state index contributed by atoms with van der Waals surface area (Å²) in [7, 11) is 0. The summed E-state index contributed by atoms with van der Waals surface area (Å²) < 4.78 is 0. The van der Waals surface area contributed by atoms with Gasteiger partial charge in [-0.1, -0.05) is 54.4 Å². The van der Waals surface area contributed by atoms with Crippen molar-refractivity contribution < 1.29 is 14.4 Å². The number of unbranched alkanes of at least 4 members (excludes halogenated alkanes) is 2. The molecule has 0 heterocycles. The van der Waals surface area contributed by atoms with E-state index >= 15 is 0 Å². The van der Waals surface area contributed by atoms with Gasteiger partial charge in [0.2, 0.25) is 17.7 Å². The number of hydrogen-bond donors (Lipinski definition) is 3. The number of carbonyl (C=O) groups excluding carboxylic acids is 3. The number of hydrogen-bond acceptors (Lipinski definition) is 3. The third-order valence-corrected chi connectivity index (χ3v) is 3.42. The molecule has 0 atom stereocenters. The predicted molar refractivity (Wildman–Crippen MR) is 103 cm³/mol. The molecule has 3 amide bonds. The van der Waals surface area contributed by atoms with Crippen LogP contribution in [0.15, 0.2) is 0 Å². The largest absolute Gasteiger partial charge is 0.356 e. The standard InChI is InChI=1S/C10H20N2O2.C9H19NO/c1-4-9(13)11-6-5-7-12-10(14)8(2)3;1-4-5-6-7-10-9(11)8(2)3/h8H,4-7H2,1-3H3,(H,11,13)(H,12,14);8H,4-7H2,1-3H3,(H,10,11). The zero-order valence-corrected chi connectivity index (χ0v) is 17.0. The predicted octanol–water partition coefficient (Wildman–Crippen LogP) is 2.62. The van der Waals surface area contributed by atoms with Crippen LogP contribution < -0.4 is 16.0 Å². The third-order valence-electron chi connectivity index (χ3n) is 3.42.